The van der Waals surface area contributed by atoms with E-state index in [0.29, 0.717) is 5.88 Å². The number of halogens is 2. The van der Waals surface area contributed by atoms with Crippen LogP contribution in [0.25, 0.3) is 0 Å². The molecule has 0 saturated heterocycles. The van der Waals surface area contributed by atoms with Gasteiger partial charge in [-0.15, -0.1) is 11.6 Å². The van der Waals surface area contributed by atoms with Crippen molar-refractivity contribution in [3.05, 3.63) is 24.5 Å². The normalized spacial score (nSPS) is 32.2. The zero-order chi connectivity index (χ0) is 6.74. The third kappa shape index (κ3) is 1.86. The van der Waals surface area contributed by atoms with Crippen molar-refractivity contribution in [3.8, 4) is 0 Å². The van der Waals surface area contributed by atoms with Crippen molar-refractivity contribution in [1.29, 1.82) is 0 Å². The number of rotatable bonds is 1. The van der Waals surface area contributed by atoms with Crippen LogP contribution in [0.2, 0.25) is 0 Å². The molecule has 0 aromatic rings. The van der Waals surface area contributed by atoms with E-state index in [1.165, 1.54) is 0 Å². The lowest BCUT2D eigenvalue weighted by molar-refractivity contribution is 0.188. The third-order valence-electron chi connectivity index (χ3n) is 0.981. The first kappa shape index (κ1) is 7.41. The van der Waals surface area contributed by atoms with Crippen molar-refractivity contribution in [2.24, 2.45) is 0 Å². The first-order valence-corrected chi connectivity index (χ1v) is 4.15. The smallest absolute Gasteiger partial charge is 0.190 e. The van der Waals surface area contributed by atoms with Crippen LogP contribution in [0.4, 0.5) is 0 Å². The molecule has 1 rings (SSSR count). The zero-order valence-electron chi connectivity index (χ0n) is 4.68. The Balaban J connectivity index is 2.63. The van der Waals surface area contributed by atoms with Crippen molar-refractivity contribution >= 4 is 34.2 Å². The molecule has 0 radical (unpaired) electrons. The van der Waals surface area contributed by atoms with Crippen molar-refractivity contribution in [2.75, 3.05) is 5.88 Å². The Morgan fingerprint density at radius 1 is 1.56 bits per heavy atom. The summed E-state index contributed by atoms with van der Waals surface area (Å²) >= 11 is 7.77. The fraction of sp³-hybridized carbons (Fsp3) is 0.333. The molecule has 0 N–H and O–H groups in total. The van der Waals surface area contributed by atoms with Gasteiger partial charge < -0.3 is 4.74 Å². The van der Waals surface area contributed by atoms with Crippen LogP contribution in [0.15, 0.2) is 24.5 Å². The lowest BCUT2D eigenvalue weighted by Crippen LogP contribution is -2.22. The Morgan fingerprint density at radius 2 is 2.33 bits per heavy atom. The van der Waals surface area contributed by atoms with Gasteiger partial charge in [0.2, 0.25) is 0 Å². The molecule has 3 heteroatoms. The van der Waals surface area contributed by atoms with Crippen LogP contribution >= 0.6 is 34.2 Å². The maximum Gasteiger partial charge on any atom is 0.190 e. The Hall–Kier alpha value is 0.300. The quantitative estimate of drug-likeness (QED) is 0.517. The number of hydrogen-bond donors (Lipinski definition) is 0. The topological polar surface area (TPSA) is 9.23 Å². The summed E-state index contributed by atoms with van der Waals surface area (Å²) in [6.45, 7) is 0. The van der Waals surface area contributed by atoms with Crippen molar-refractivity contribution < 1.29 is 4.74 Å². The van der Waals surface area contributed by atoms with E-state index < -0.39 is 0 Å². The van der Waals surface area contributed by atoms with Gasteiger partial charge >= 0.3 is 0 Å². The maximum absolute atomic E-state index is 5.60. The first-order valence-electron chi connectivity index (χ1n) is 2.54. The Morgan fingerprint density at radius 3 is 2.67 bits per heavy atom. The van der Waals surface area contributed by atoms with Gasteiger partial charge in [0.05, 0.1) is 12.1 Å². The summed E-state index contributed by atoms with van der Waals surface area (Å²) in [4.78, 5) is 0. The molecule has 0 fully saturated rings. The predicted molar refractivity (Wildman–Crippen MR) is 46.8 cm³/mol. The molecule has 0 spiro atoms. The van der Waals surface area contributed by atoms with E-state index in [-0.39, 0.29) is 3.61 Å². The highest BCUT2D eigenvalue weighted by Crippen LogP contribution is 2.26. The largest absolute Gasteiger partial charge is 0.479 e. The lowest BCUT2D eigenvalue weighted by atomic mass is 10.3. The van der Waals surface area contributed by atoms with Gasteiger partial charge in [-0.25, -0.2) is 0 Å². The number of ether oxygens (including phenoxy) is 1. The summed E-state index contributed by atoms with van der Waals surface area (Å²) in [5, 5.41) is 0. The molecule has 0 saturated carbocycles. The molecule has 1 aliphatic rings. The minimum atomic E-state index is -0.311. The summed E-state index contributed by atoms with van der Waals surface area (Å²) in [7, 11) is 0. The second-order valence-electron chi connectivity index (χ2n) is 1.73. The third-order valence-corrected chi connectivity index (χ3v) is 2.82. The molecule has 1 aliphatic heterocycles. The Labute approximate surface area is 72.9 Å². The van der Waals surface area contributed by atoms with E-state index in [2.05, 4.69) is 22.6 Å². The average Bonchev–Trinajstić information content (AvgIpc) is 1.90. The zero-order valence-corrected chi connectivity index (χ0v) is 7.59. The summed E-state index contributed by atoms with van der Waals surface area (Å²) in [6, 6.07) is 0. The van der Waals surface area contributed by atoms with E-state index in [9.17, 15) is 0 Å². The van der Waals surface area contributed by atoms with E-state index >= 15 is 0 Å². The van der Waals surface area contributed by atoms with Gasteiger partial charge in [-0.2, -0.15) is 0 Å². The van der Waals surface area contributed by atoms with Crippen LogP contribution in [0.1, 0.15) is 0 Å². The van der Waals surface area contributed by atoms with Crippen LogP contribution in [-0.4, -0.2) is 9.49 Å². The summed E-state index contributed by atoms with van der Waals surface area (Å²) in [5.74, 6) is 0.481. The molecule has 0 amide bonds. The van der Waals surface area contributed by atoms with Gasteiger partial charge in [0.15, 0.2) is 3.61 Å². The molecule has 1 unspecified atom stereocenters. The number of alkyl halides is 2. The molecule has 50 valence electrons. The first-order chi connectivity index (χ1) is 4.27. The van der Waals surface area contributed by atoms with Crippen LogP contribution in [0, 0.1) is 0 Å². The monoisotopic (exact) mass is 256 g/mol. The lowest BCUT2D eigenvalue weighted by Gasteiger charge is -2.21. The van der Waals surface area contributed by atoms with Gasteiger partial charge in [0.1, 0.15) is 0 Å². The van der Waals surface area contributed by atoms with E-state index in [1.54, 1.807) is 6.26 Å². The highest BCUT2D eigenvalue weighted by molar-refractivity contribution is 14.1. The number of hydrogen-bond acceptors (Lipinski definition) is 1. The molecule has 0 aliphatic carbocycles. The minimum absolute atomic E-state index is 0.311. The predicted octanol–water partition coefficient (Wildman–Crippen LogP) is 2.46. The second-order valence-corrected chi connectivity index (χ2v) is 3.82. The van der Waals surface area contributed by atoms with Crippen LogP contribution < -0.4 is 0 Å². The molecule has 9 heavy (non-hydrogen) atoms. The highest BCUT2D eigenvalue weighted by atomic mass is 127. The van der Waals surface area contributed by atoms with E-state index in [1.807, 2.05) is 18.2 Å². The van der Waals surface area contributed by atoms with Crippen LogP contribution in [-0.2, 0) is 4.74 Å². The Bertz CT molecular complexity index is 155. The van der Waals surface area contributed by atoms with Crippen molar-refractivity contribution in [1.82, 2.24) is 0 Å². The van der Waals surface area contributed by atoms with E-state index in [4.69, 9.17) is 16.3 Å². The molecular formula is C6H6ClIO. The molecule has 0 bridgehead atoms. The standard InChI is InChI=1S/C6H6ClIO/c7-5-6(8)3-1-2-4-9-6/h1-4H,5H2. The van der Waals surface area contributed by atoms with E-state index in [0.717, 1.165) is 0 Å². The average molecular weight is 256 g/mol. The van der Waals surface area contributed by atoms with Gasteiger partial charge in [0, 0.05) is 0 Å². The molecule has 0 aromatic heterocycles. The molecule has 1 heterocycles. The van der Waals surface area contributed by atoms with Gasteiger partial charge in [-0.1, -0.05) is 6.08 Å². The molecule has 0 aromatic carbocycles. The van der Waals surface area contributed by atoms with Gasteiger partial charge in [-0.3, -0.25) is 0 Å². The van der Waals surface area contributed by atoms with Crippen molar-refractivity contribution in [2.45, 2.75) is 3.61 Å². The fourth-order valence-corrected chi connectivity index (χ4v) is 1.02. The molecular weight excluding hydrogens is 250 g/mol. The van der Waals surface area contributed by atoms with Gasteiger partial charge in [0.25, 0.3) is 0 Å². The van der Waals surface area contributed by atoms with Crippen LogP contribution in [0.5, 0.6) is 0 Å². The SMILES string of the molecule is ClCC1(I)C=CC=CO1. The fourth-order valence-electron chi connectivity index (χ4n) is 0.512. The van der Waals surface area contributed by atoms with Crippen molar-refractivity contribution in [3.63, 3.8) is 0 Å². The minimum Gasteiger partial charge on any atom is -0.479 e. The Kier molecular flexibility index (Phi) is 2.41. The summed E-state index contributed by atoms with van der Waals surface area (Å²) < 4.78 is 4.89. The van der Waals surface area contributed by atoms with Crippen LogP contribution in [0.3, 0.4) is 0 Å². The maximum atomic E-state index is 5.60. The van der Waals surface area contributed by atoms with Gasteiger partial charge in [-0.05, 0) is 34.7 Å². The second kappa shape index (κ2) is 2.92. The highest BCUT2D eigenvalue weighted by Gasteiger charge is 2.22. The summed E-state index contributed by atoms with van der Waals surface area (Å²) in [6.07, 6.45) is 7.34. The summed E-state index contributed by atoms with van der Waals surface area (Å²) in [5.41, 5.74) is 0. The molecule has 1 nitrogen and oxygen atoms in total. The number of allylic oxidation sites excluding steroid dienone is 2. The molecule has 1 atom stereocenters.